The van der Waals surface area contributed by atoms with Crippen LogP contribution in [0.4, 0.5) is 0 Å². The molecule has 1 heterocycles. The molecule has 0 radical (unpaired) electrons. The number of amides is 1. The van der Waals surface area contributed by atoms with E-state index < -0.39 is 5.54 Å². The highest BCUT2D eigenvalue weighted by Gasteiger charge is 2.47. The molecule has 2 unspecified atom stereocenters. The maximum Gasteiger partial charge on any atom is 0.237 e. The molecule has 2 aliphatic carbocycles. The molecule has 0 aliphatic heterocycles. The largest absolute Gasteiger partial charge is 0.368 e. The normalized spacial score (nSPS) is 32.8. The van der Waals surface area contributed by atoms with Crippen molar-refractivity contribution >= 4 is 5.91 Å². The van der Waals surface area contributed by atoms with Gasteiger partial charge in [0.05, 0.1) is 11.6 Å². The zero-order valence-electron chi connectivity index (χ0n) is 9.80. The van der Waals surface area contributed by atoms with Gasteiger partial charge in [0.25, 0.3) is 0 Å². The van der Waals surface area contributed by atoms with Gasteiger partial charge in [0.15, 0.2) is 0 Å². The number of aromatic nitrogens is 2. The fraction of sp³-hybridized carbons (Fsp3) is 0.667. The highest BCUT2D eigenvalue weighted by atomic mass is 16.1. The van der Waals surface area contributed by atoms with Gasteiger partial charge in [0.2, 0.25) is 5.91 Å². The second-order valence-electron chi connectivity index (χ2n) is 5.25. The van der Waals surface area contributed by atoms with Crippen LogP contribution in [-0.4, -0.2) is 27.3 Å². The van der Waals surface area contributed by atoms with Crippen molar-refractivity contribution in [2.24, 2.45) is 5.73 Å². The topological polar surface area (TPSA) is 72.9 Å². The summed E-state index contributed by atoms with van der Waals surface area (Å²) in [6.45, 7) is 0. The summed E-state index contributed by atoms with van der Waals surface area (Å²) in [5.41, 5.74) is 5.09. The summed E-state index contributed by atoms with van der Waals surface area (Å²) in [6, 6.07) is 2.71. The van der Waals surface area contributed by atoms with E-state index in [1.165, 1.54) is 12.8 Å². The first-order valence-electron chi connectivity index (χ1n) is 6.26. The number of nitrogens with zero attached hydrogens (tertiary/aromatic N) is 2. The Morgan fingerprint density at radius 2 is 2.29 bits per heavy atom. The van der Waals surface area contributed by atoms with Gasteiger partial charge < -0.3 is 11.1 Å². The van der Waals surface area contributed by atoms with Gasteiger partial charge >= 0.3 is 0 Å². The Kier molecular flexibility index (Phi) is 2.43. The van der Waals surface area contributed by atoms with Crippen LogP contribution in [0.5, 0.6) is 0 Å². The van der Waals surface area contributed by atoms with Crippen LogP contribution in [0.15, 0.2) is 18.5 Å². The van der Waals surface area contributed by atoms with Gasteiger partial charge in [0.1, 0.15) is 0 Å². The molecule has 0 aromatic carbocycles. The zero-order valence-corrected chi connectivity index (χ0v) is 9.80. The molecule has 5 heteroatoms. The molecule has 0 saturated heterocycles. The standard InChI is InChI=1S/C12H18N4O/c13-11(17)12(15-9-2-3-9)5-4-10(8-12)16-7-1-6-14-16/h1,6-7,9-10,15H,2-5,8H2,(H2,13,17). The van der Waals surface area contributed by atoms with Crippen LogP contribution in [0.25, 0.3) is 0 Å². The van der Waals surface area contributed by atoms with E-state index in [1.807, 2.05) is 16.9 Å². The Morgan fingerprint density at radius 1 is 1.47 bits per heavy atom. The first kappa shape index (κ1) is 10.8. The number of rotatable bonds is 4. The number of carbonyl (C=O) groups is 1. The van der Waals surface area contributed by atoms with Crippen LogP contribution < -0.4 is 11.1 Å². The molecule has 17 heavy (non-hydrogen) atoms. The average Bonchev–Trinajstić information content (AvgIpc) is 2.83. The van der Waals surface area contributed by atoms with Crippen molar-refractivity contribution in [3.8, 4) is 0 Å². The molecule has 5 nitrogen and oxygen atoms in total. The van der Waals surface area contributed by atoms with Gasteiger partial charge in [-0.15, -0.1) is 0 Å². The minimum Gasteiger partial charge on any atom is -0.368 e. The Labute approximate surface area is 100 Å². The van der Waals surface area contributed by atoms with Gasteiger partial charge in [-0.05, 0) is 38.2 Å². The van der Waals surface area contributed by atoms with Crippen LogP contribution in [0, 0.1) is 0 Å². The highest BCUT2D eigenvalue weighted by molar-refractivity contribution is 5.85. The summed E-state index contributed by atoms with van der Waals surface area (Å²) in [7, 11) is 0. The van der Waals surface area contributed by atoms with E-state index in [9.17, 15) is 4.79 Å². The molecule has 2 aliphatic rings. The van der Waals surface area contributed by atoms with Crippen LogP contribution in [-0.2, 0) is 4.79 Å². The first-order chi connectivity index (χ1) is 8.20. The molecule has 2 atom stereocenters. The molecule has 92 valence electrons. The number of hydrogen-bond acceptors (Lipinski definition) is 3. The second kappa shape index (κ2) is 3.84. The lowest BCUT2D eigenvalue weighted by atomic mass is 9.96. The number of nitrogens with one attached hydrogen (secondary N) is 1. The summed E-state index contributed by atoms with van der Waals surface area (Å²) in [4.78, 5) is 11.7. The molecule has 1 aromatic heterocycles. The van der Waals surface area contributed by atoms with E-state index in [-0.39, 0.29) is 5.91 Å². The van der Waals surface area contributed by atoms with Crippen molar-refractivity contribution in [3.05, 3.63) is 18.5 Å². The van der Waals surface area contributed by atoms with Crippen LogP contribution >= 0.6 is 0 Å². The van der Waals surface area contributed by atoms with Crippen molar-refractivity contribution in [2.75, 3.05) is 0 Å². The second-order valence-corrected chi connectivity index (χ2v) is 5.25. The van der Waals surface area contributed by atoms with Gasteiger partial charge in [-0.1, -0.05) is 0 Å². The minimum absolute atomic E-state index is 0.209. The third-order valence-corrected chi connectivity index (χ3v) is 3.92. The summed E-state index contributed by atoms with van der Waals surface area (Å²) in [5, 5.41) is 7.70. The first-order valence-corrected chi connectivity index (χ1v) is 6.26. The Hall–Kier alpha value is -1.36. The SMILES string of the molecule is NC(=O)C1(NC2CC2)CCC(n2cccn2)C1. The molecule has 0 bridgehead atoms. The molecule has 3 rings (SSSR count). The Bertz CT molecular complexity index is 412. The van der Waals surface area contributed by atoms with E-state index in [1.54, 1.807) is 6.20 Å². The fourth-order valence-corrected chi connectivity index (χ4v) is 2.79. The molecule has 2 saturated carbocycles. The van der Waals surface area contributed by atoms with Crippen molar-refractivity contribution in [2.45, 2.75) is 49.7 Å². The Balaban J connectivity index is 1.76. The number of primary amides is 1. The fourth-order valence-electron chi connectivity index (χ4n) is 2.79. The number of carbonyl (C=O) groups excluding carboxylic acids is 1. The lowest BCUT2D eigenvalue weighted by molar-refractivity contribution is -0.124. The minimum atomic E-state index is -0.502. The van der Waals surface area contributed by atoms with Crippen molar-refractivity contribution in [3.63, 3.8) is 0 Å². The average molecular weight is 234 g/mol. The third-order valence-electron chi connectivity index (χ3n) is 3.92. The smallest absolute Gasteiger partial charge is 0.237 e. The highest BCUT2D eigenvalue weighted by Crippen LogP contribution is 2.39. The van der Waals surface area contributed by atoms with E-state index in [0.29, 0.717) is 12.1 Å². The van der Waals surface area contributed by atoms with Crippen LogP contribution in [0.1, 0.15) is 38.1 Å². The van der Waals surface area contributed by atoms with E-state index in [2.05, 4.69) is 10.4 Å². The maximum atomic E-state index is 11.7. The maximum absolute atomic E-state index is 11.7. The molecule has 2 fully saturated rings. The van der Waals surface area contributed by atoms with E-state index >= 15 is 0 Å². The van der Waals surface area contributed by atoms with Gasteiger partial charge in [-0.3, -0.25) is 9.48 Å². The van der Waals surface area contributed by atoms with Crippen molar-refractivity contribution in [1.29, 1.82) is 0 Å². The lowest BCUT2D eigenvalue weighted by Gasteiger charge is -2.27. The summed E-state index contributed by atoms with van der Waals surface area (Å²) in [6.07, 6.45) is 8.62. The van der Waals surface area contributed by atoms with Crippen LogP contribution in [0.2, 0.25) is 0 Å². The lowest BCUT2D eigenvalue weighted by Crippen LogP contribution is -2.54. The van der Waals surface area contributed by atoms with Gasteiger partial charge in [0, 0.05) is 18.4 Å². The number of hydrogen-bond donors (Lipinski definition) is 2. The predicted octanol–water partition coefficient (Wildman–Crippen LogP) is 0.584. The number of nitrogens with two attached hydrogens (primary N) is 1. The van der Waals surface area contributed by atoms with Crippen LogP contribution in [0.3, 0.4) is 0 Å². The Morgan fingerprint density at radius 3 is 2.88 bits per heavy atom. The third kappa shape index (κ3) is 1.95. The monoisotopic (exact) mass is 234 g/mol. The van der Waals surface area contributed by atoms with Crippen molar-refractivity contribution < 1.29 is 4.79 Å². The quantitative estimate of drug-likeness (QED) is 0.800. The molecule has 1 aromatic rings. The van der Waals surface area contributed by atoms with E-state index in [4.69, 9.17) is 5.73 Å². The molecule has 1 amide bonds. The summed E-state index contributed by atoms with van der Waals surface area (Å²) in [5.74, 6) is -0.209. The van der Waals surface area contributed by atoms with Gasteiger partial charge in [-0.2, -0.15) is 5.10 Å². The molecular formula is C12H18N4O. The van der Waals surface area contributed by atoms with Gasteiger partial charge in [-0.25, -0.2) is 0 Å². The summed E-state index contributed by atoms with van der Waals surface area (Å²) < 4.78 is 1.94. The molecule has 0 spiro atoms. The predicted molar refractivity (Wildman–Crippen MR) is 63.2 cm³/mol. The zero-order chi connectivity index (χ0) is 11.9. The van der Waals surface area contributed by atoms with E-state index in [0.717, 1.165) is 19.3 Å². The molecule has 3 N–H and O–H groups in total. The van der Waals surface area contributed by atoms with Crippen molar-refractivity contribution in [1.82, 2.24) is 15.1 Å². The molecular weight excluding hydrogens is 216 g/mol. The summed E-state index contributed by atoms with van der Waals surface area (Å²) >= 11 is 0.